The quantitative estimate of drug-likeness (QED) is 0.552. The van der Waals surface area contributed by atoms with Crippen LogP contribution in [0.15, 0.2) is 0 Å². The van der Waals surface area contributed by atoms with Gasteiger partial charge in [0.15, 0.2) is 0 Å². The van der Waals surface area contributed by atoms with Crippen molar-refractivity contribution in [1.29, 1.82) is 0 Å². The Hall–Kier alpha value is -0.120. The molecule has 0 aromatic rings. The van der Waals surface area contributed by atoms with Gasteiger partial charge in [-0.25, -0.2) is 0 Å². The van der Waals surface area contributed by atoms with Crippen LogP contribution in [-0.4, -0.2) is 25.3 Å². The third-order valence-electron chi connectivity index (χ3n) is 1.13. The summed E-state index contributed by atoms with van der Waals surface area (Å²) in [5.74, 6) is 0. The summed E-state index contributed by atoms with van der Waals surface area (Å²) in [5, 5.41) is 0. The Morgan fingerprint density at radius 1 is 1.11 bits per heavy atom. The minimum atomic E-state index is 0.128. The SMILES string of the molecule is CC(CN)OC(C)CN. The van der Waals surface area contributed by atoms with Crippen molar-refractivity contribution in [3.05, 3.63) is 0 Å². The molecule has 0 saturated carbocycles. The van der Waals surface area contributed by atoms with Gasteiger partial charge in [-0.05, 0) is 13.8 Å². The standard InChI is InChI=1S/C6H16N2O/c1-5(3-7)9-6(2)4-8/h5-6H,3-4,7-8H2,1-2H3. The van der Waals surface area contributed by atoms with Crippen LogP contribution in [0.25, 0.3) is 0 Å². The molecule has 4 N–H and O–H groups in total. The van der Waals surface area contributed by atoms with E-state index >= 15 is 0 Å². The summed E-state index contributed by atoms with van der Waals surface area (Å²) in [4.78, 5) is 0. The zero-order valence-electron chi connectivity index (χ0n) is 6.13. The van der Waals surface area contributed by atoms with Crippen molar-refractivity contribution < 1.29 is 4.74 Å². The van der Waals surface area contributed by atoms with Gasteiger partial charge in [-0.15, -0.1) is 0 Å². The highest BCUT2D eigenvalue weighted by atomic mass is 16.5. The molecule has 0 rings (SSSR count). The Morgan fingerprint density at radius 3 is 1.67 bits per heavy atom. The molecule has 0 radical (unpaired) electrons. The van der Waals surface area contributed by atoms with Crippen LogP contribution in [0.3, 0.4) is 0 Å². The number of ether oxygens (including phenoxy) is 1. The van der Waals surface area contributed by atoms with E-state index in [0.717, 1.165) is 0 Å². The summed E-state index contributed by atoms with van der Waals surface area (Å²) in [6, 6.07) is 0. The minimum Gasteiger partial charge on any atom is -0.373 e. The van der Waals surface area contributed by atoms with Crippen LogP contribution in [-0.2, 0) is 4.74 Å². The van der Waals surface area contributed by atoms with Gasteiger partial charge in [0, 0.05) is 13.1 Å². The number of nitrogens with two attached hydrogens (primary N) is 2. The molecule has 0 aromatic carbocycles. The third kappa shape index (κ3) is 4.39. The van der Waals surface area contributed by atoms with Gasteiger partial charge in [0.1, 0.15) is 0 Å². The van der Waals surface area contributed by atoms with Gasteiger partial charge < -0.3 is 16.2 Å². The van der Waals surface area contributed by atoms with Crippen LogP contribution >= 0.6 is 0 Å². The second kappa shape index (κ2) is 4.73. The lowest BCUT2D eigenvalue weighted by molar-refractivity contribution is 0.0188. The summed E-state index contributed by atoms with van der Waals surface area (Å²) in [6.07, 6.45) is 0.257. The molecule has 0 heterocycles. The first-order valence-electron chi connectivity index (χ1n) is 3.26. The van der Waals surface area contributed by atoms with Crippen molar-refractivity contribution in [3.8, 4) is 0 Å². The third-order valence-corrected chi connectivity index (χ3v) is 1.13. The topological polar surface area (TPSA) is 61.3 Å². The molecule has 2 unspecified atom stereocenters. The Morgan fingerprint density at radius 2 is 1.44 bits per heavy atom. The molecule has 0 saturated heterocycles. The van der Waals surface area contributed by atoms with E-state index in [1.807, 2.05) is 13.8 Å². The van der Waals surface area contributed by atoms with Crippen LogP contribution in [0, 0.1) is 0 Å². The van der Waals surface area contributed by atoms with Crippen LogP contribution in [0.4, 0.5) is 0 Å². The number of hydrogen-bond acceptors (Lipinski definition) is 3. The second-order valence-corrected chi connectivity index (χ2v) is 2.23. The fourth-order valence-electron chi connectivity index (χ4n) is 0.508. The van der Waals surface area contributed by atoms with Gasteiger partial charge in [-0.2, -0.15) is 0 Å². The summed E-state index contributed by atoms with van der Waals surface area (Å²) in [5.41, 5.74) is 10.6. The van der Waals surface area contributed by atoms with Crippen LogP contribution in [0.5, 0.6) is 0 Å². The van der Waals surface area contributed by atoms with Crippen LogP contribution in [0.1, 0.15) is 13.8 Å². The molecule has 0 spiro atoms. The second-order valence-electron chi connectivity index (χ2n) is 2.23. The Balaban J connectivity index is 3.22. The zero-order chi connectivity index (χ0) is 7.28. The lowest BCUT2D eigenvalue weighted by Crippen LogP contribution is -2.29. The highest BCUT2D eigenvalue weighted by Gasteiger charge is 2.03. The molecule has 0 bridgehead atoms. The van der Waals surface area contributed by atoms with Crippen LogP contribution < -0.4 is 11.5 Å². The Labute approximate surface area is 56.4 Å². The molecule has 0 aliphatic carbocycles. The van der Waals surface area contributed by atoms with Crippen molar-refractivity contribution in [2.24, 2.45) is 11.5 Å². The lowest BCUT2D eigenvalue weighted by Gasteiger charge is -2.15. The summed E-state index contributed by atoms with van der Waals surface area (Å²) < 4.78 is 5.30. The molecule has 3 nitrogen and oxygen atoms in total. The highest BCUT2D eigenvalue weighted by Crippen LogP contribution is 1.93. The molecular weight excluding hydrogens is 116 g/mol. The first-order valence-corrected chi connectivity index (χ1v) is 3.26. The first kappa shape index (κ1) is 8.88. The largest absolute Gasteiger partial charge is 0.373 e. The molecule has 56 valence electrons. The molecule has 2 atom stereocenters. The molecule has 9 heavy (non-hydrogen) atoms. The highest BCUT2D eigenvalue weighted by molar-refractivity contribution is 4.55. The van der Waals surface area contributed by atoms with Gasteiger partial charge in [0.05, 0.1) is 12.2 Å². The van der Waals surface area contributed by atoms with E-state index in [1.54, 1.807) is 0 Å². The van der Waals surface area contributed by atoms with E-state index in [4.69, 9.17) is 16.2 Å². The van der Waals surface area contributed by atoms with Gasteiger partial charge >= 0.3 is 0 Å². The fraction of sp³-hybridized carbons (Fsp3) is 1.00. The van der Waals surface area contributed by atoms with Gasteiger partial charge in [0.25, 0.3) is 0 Å². The summed E-state index contributed by atoms with van der Waals surface area (Å²) in [7, 11) is 0. The first-order chi connectivity index (χ1) is 4.20. The van der Waals surface area contributed by atoms with Gasteiger partial charge in [-0.3, -0.25) is 0 Å². The van der Waals surface area contributed by atoms with E-state index in [1.165, 1.54) is 0 Å². The van der Waals surface area contributed by atoms with E-state index in [0.29, 0.717) is 13.1 Å². The van der Waals surface area contributed by atoms with Crippen molar-refractivity contribution in [2.45, 2.75) is 26.1 Å². The smallest absolute Gasteiger partial charge is 0.0673 e. The summed E-state index contributed by atoms with van der Waals surface area (Å²) >= 11 is 0. The maximum Gasteiger partial charge on any atom is 0.0673 e. The molecule has 0 aliphatic heterocycles. The zero-order valence-corrected chi connectivity index (χ0v) is 6.13. The van der Waals surface area contributed by atoms with E-state index in [9.17, 15) is 0 Å². The van der Waals surface area contributed by atoms with Crippen molar-refractivity contribution in [3.63, 3.8) is 0 Å². The predicted molar refractivity (Wildman–Crippen MR) is 38.1 cm³/mol. The predicted octanol–water partition coefficient (Wildman–Crippen LogP) is -0.303. The maximum atomic E-state index is 5.31. The number of hydrogen-bond donors (Lipinski definition) is 2. The monoisotopic (exact) mass is 132 g/mol. The fourth-order valence-corrected chi connectivity index (χ4v) is 0.508. The normalized spacial score (nSPS) is 17.3. The Bertz CT molecular complexity index is 60.1. The molecule has 0 fully saturated rings. The van der Waals surface area contributed by atoms with Crippen LogP contribution in [0.2, 0.25) is 0 Å². The van der Waals surface area contributed by atoms with Crippen molar-refractivity contribution >= 4 is 0 Å². The molecular formula is C6H16N2O. The minimum absolute atomic E-state index is 0.128. The molecule has 0 aromatic heterocycles. The Kier molecular flexibility index (Phi) is 4.67. The lowest BCUT2D eigenvalue weighted by atomic mass is 10.3. The maximum absolute atomic E-state index is 5.31. The van der Waals surface area contributed by atoms with Gasteiger partial charge in [-0.1, -0.05) is 0 Å². The van der Waals surface area contributed by atoms with E-state index in [2.05, 4.69) is 0 Å². The number of rotatable bonds is 4. The average Bonchev–Trinajstić information content (AvgIpc) is 1.87. The molecule has 0 amide bonds. The average molecular weight is 132 g/mol. The van der Waals surface area contributed by atoms with Crippen molar-refractivity contribution in [1.82, 2.24) is 0 Å². The van der Waals surface area contributed by atoms with E-state index < -0.39 is 0 Å². The van der Waals surface area contributed by atoms with E-state index in [-0.39, 0.29) is 12.2 Å². The summed E-state index contributed by atoms with van der Waals surface area (Å²) in [6.45, 7) is 4.99. The molecule has 3 heteroatoms. The van der Waals surface area contributed by atoms with Gasteiger partial charge in [0.2, 0.25) is 0 Å². The van der Waals surface area contributed by atoms with Crippen molar-refractivity contribution in [2.75, 3.05) is 13.1 Å². The molecule has 0 aliphatic rings.